The Morgan fingerprint density at radius 3 is 2.60 bits per heavy atom. The fourth-order valence-electron chi connectivity index (χ4n) is 2.43. The normalized spacial score (nSPS) is 18.2. The van der Waals surface area contributed by atoms with E-state index in [4.69, 9.17) is 5.73 Å². The van der Waals surface area contributed by atoms with Crippen LogP contribution in [0.15, 0.2) is 24.3 Å². The van der Waals surface area contributed by atoms with E-state index in [1.165, 1.54) is 0 Å². The van der Waals surface area contributed by atoms with E-state index in [1.807, 2.05) is 0 Å². The Morgan fingerprint density at radius 1 is 1.30 bits per heavy atom. The molecule has 0 saturated carbocycles. The van der Waals surface area contributed by atoms with Crippen LogP contribution < -0.4 is 10.5 Å². The number of sulfonamides is 1. The number of nitrogen functional groups attached to an aromatic ring is 1. The molecular weight excluding hydrogens is 274 g/mol. The van der Waals surface area contributed by atoms with Gasteiger partial charge in [-0.25, -0.2) is 13.1 Å². The molecule has 0 aromatic heterocycles. The van der Waals surface area contributed by atoms with Crippen molar-refractivity contribution in [1.82, 2.24) is 9.62 Å². The predicted octanol–water partition coefficient (Wildman–Crippen LogP) is 1.03. The van der Waals surface area contributed by atoms with Gasteiger partial charge in [0.15, 0.2) is 0 Å². The Morgan fingerprint density at radius 2 is 1.95 bits per heavy atom. The molecule has 1 heterocycles. The molecule has 0 atom stereocenters. The minimum Gasteiger partial charge on any atom is -0.398 e. The van der Waals surface area contributed by atoms with Crippen LogP contribution in [0.3, 0.4) is 0 Å². The SMILES string of the molecule is CN1CCC(CNS(=O)(=O)Cc2ccccc2N)CC1. The number of rotatable bonds is 5. The summed E-state index contributed by atoms with van der Waals surface area (Å²) in [6.45, 7) is 2.61. The van der Waals surface area contributed by atoms with Crippen molar-refractivity contribution in [2.75, 3.05) is 32.4 Å². The van der Waals surface area contributed by atoms with Crippen LogP contribution in [-0.2, 0) is 15.8 Å². The minimum atomic E-state index is -3.31. The van der Waals surface area contributed by atoms with E-state index in [9.17, 15) is 8.42 Å². The van der Waals surface area contributed by atoms with Gasteiger partial charge < -0.3 is 10.6 Å². The van der Waals surface area contributed by atoms with Gasteiger partial charge in [0.05, 0.1) is 5.75 Å². The summed E-state index contributed by atoms with van der Waals surface area (Å²) < 4.78 is 26.9. The van der Waals surface area contributed by atoms with Gasteiger partial charge in [-0.1, -0.05) is 18.2 Å². The number of para-hydroxylation sites is 1. The number of nitrogens with two attached hydrogens (primary N) is 1. The lowest BCUT2D eigenvalue weighted by Crippen LogP contribution is -2.37. The van der Waals surface area contributed by atoms with E-state index in [0.29, 0.717) is 23.7 Å². The van der Waals surface area contributed by atoms with Crippen LogP contribution in [-0.4, -0.2) is 40.0 Å². The molecule has 20 heavy (non-hydrogen) atoms. The van der Waals surface area contributed by atoms with Crippen molar-refractivity contribution in [1.29, 1.82) is 0 Å². The molecule has 1 aliphatic heterocycles. The molecule has 1 aromatic carbocycles. The summed E-state index contributed by atoms with van der Waals surface area (Å²) in [5.41, 5.74) is 6.97. The summed E-state index contributed by atoms with van der Waals surface area (Å²) in [6.07, 6.45) is 2.10. The highest BCUT2D eigenvalue weighted by molar-refractivity contribution is 7.88. The number of hydrogen-bond donors (Lipinski definition) is 2. The van der Waals surface area contributed by atoms with E-state index in [2.05, 4.69) is 16.7 Å². The van der Waals surface area contributed by atoms with E-state index in [1.54, 1.807) is 24.3 Å². The molecule has 5 nitrogen and oxygen atoms in total. The molecule has 6 heteroatoms. The Kier molecular flexibility index (Phi) is 5.01. The Balaban J connectivity index is 1.87. The first-order valence-electron chi connectivity index (χ1n) is 6.95. The summed E-state index contributed by atoms with van der Waals surface area (Å²) in [6, 6.07) is 7.08. The third-order valence-electron chi connectivity index (χ3n) is 3.83. The van der Waals surface area contributed by atoms with E-state index >= 15 is 0 Å². The molecular formula is C14H23N3O2S. The number of anilines is 1. The molecule has 0 amide bonds. The minimum absolute atomic E-state index is 0.0493. The number of nitrogens with zero attached hydrogens (tertiary/aromatic N) is 1. The van der Waals surface area contributed by atoms with Gasteiger partial charge >= 0.3 is 0 Å². The molecule has 1 saturated heterocycles. The molecule has 2 rings (SSSR count). The maximum absolute atomic E-state index is 12.1. The molecule has 0 bridgehead atoms. The Bertz CT molecular complexity index is 537. The van der Waals surface area contributed by atoms with Crippen LogP contribution in [0.2, 0.25) is 0 Å². The van der Waals surface area contributed by atoms with Gasteiger partial charge in [0.1, 0.15) is 0 Å². The fraction of sp³-hybridized carbons (Fsp3) is 0.571. The molecule has 0 unspecified atom stereocenters. The summed E-state index contributed by atoms with van der Waals surface area (Å²) >= 11 is 0. The summed E-state index contributed by atoms with van der Waals surface area (Å²) in [5, 5.41) is 0. The van der Waals surface area contributed by atoms with Gasteiger partial charge in [-0.15, -0.1) is 0 Å². The zero-order valence-corrected chi connectivity index (χ0v) is 12.7. The maximum Gasteiger partial charge on any atom is 0.215 e. The lowest BCUT2D eigenvalue weighted by atomic mass is 9.98. The van der Waals surface area contributed by atoms with Gasteiger partial charge in [-0.05, 0) is 50.5 Å². The van der Waals surface area contributed by atoms with Crippen molar-refractivity contribution < 1.29 is 8.42 Å². The second-order valence-electron chi connectivity index (χ2n) is 5.55. The molecule has 1 aliphatic rings. The summed E-state index contributed by atoms with van der Waals surface area (Å²) in [5.74, 6) is 0.390. The van der Waals surface area contributed by atoms with Crippen LogP contribution in [0, 0.1) is 5.92 Å². The second kappa shape index (κ2) is 6.56. The first-order valence-corrected chi connectivity index (χ1v) is 8.61. The molecule has 3 N–H and O–H groups in total. The van der Waals surface area contributed by atoms with Crippen LogP contribution in [0.25, 0.3) is 0 Å². The Hall–Kier alpha value is -1.11. The van der Waals surface area contributed by atoms with Gasteiger partial charge in [-0.2, -0.15) is 0 Å². The smallest absolute Gasteiger partial charge is 0.215 e. The fourth-order valence-corrected chi connectivity index (χ4v) is 3.70. The average Bonchev–Trinajstić information content (AvgIpc) is 2.41. The number of piperidine rings is 1. The third-order valence-corrected chi connectivity index (χ3v) is 5.13. The first kappa shape index (κ1) is 15.3. The van der Waals surface area contributed by atoms with Gasteiger partial charge in [-0.3, -0.25) is 0 Å². The first-order chi connectivity index (χ1) is 9.46. The van der Waals surface area contributed by atoms with Crippen molar-refractivity contribution >= 4 is 15.7 Å². The Labute approximate surface area is 121 Å². The van der Waals surface area contributed by atoms with Gasteiger partial charge in [0.25, 0.3) is 0 Å². The van der Waals surface area contributed by atoms with Crippen LogP contribution in [0.1, 0.15) is 18.4 Å². The lowest BCUT2D eigenvalue weighted by Gasteiger charge is -2.28. The van der Waals surface area contributed by atoms with Crippen LogP contribution >= 0.6 is 0 Å². The predicted molar refractivity (Wildman–Crippen MR) is 81.7 cm³/mol. The van der Waals surface area contributed by atoms with E-state index in [-0.39, 0.29) is 5.75 Å². The van der Waals surface area contributed by atoms with Crippen molar-refractivity contribution in [3.05, 3.63) is 29.8 Å². The van der Waals surface area contributed by atoms with Crippen molar-refractivity contribution in [2.45, 2.75) is 18.6 Å². The zero-order chi connectivity index (χ0) is 14.6. The van der Waals surface area contributed by atoms with Crippen LogP contribution in [0.4, 0.5) is 5.69 Å². The van der Waals surface area contributed by atoms with Crippen molar-refractivity contribution in [3.63, 3.8) is 0 Å². The highest BCUT2D eigenvalue weighted by atomic mass is 32.2. The molecule has 0 spiro atoms. The molecule has 112 valence electrons. The standard InChI is InChI=1S/C14H23N3O2S/c1-17-8-6-12(7-9-17)10-16-20(18,19)11-13-4-2-3-5-14(13)15/h2-5,12,16H,6-11,15H2,1H3. The molecule has 1 aromatic rings. The number of likely N-dealkylation sites (tertiary alicyclic amines) is 1. The molecule has 1 fully saturated rings. The van der Waals surface area contributed by atoms with Crippen molar-refractivity contribution in [2.24, 2.45) is 5.92 Å². The van der Waals surface area contributed by atoms with Crippen molar-refractivity contribution in [3.8, 4) is 0 Å². The van der Waals surface area contributed by atoms with Gasteiger partial charge in [0, 0.05) is 12.2 Å². The topological polar surface area (TPSA) is 75.4 Å². The highest BCUT2D eigenvalue weighted by Crippen LogP contribution is 2.17. The lowest BCUT2D eigenvalue weighted by molar-refractivity contribution is 0.220. The highest BCUT2D eigenvalue weighted by Gasteiger charge is 2.19. The maximum atomic E-state index is 12.1. The van der Waals surface area contributed by atoms with Crippen LogP contribution in [0.5, 0.6) is 0 Å². The largest absolute Gasteiger partial charge is 0.398 e. The average molecular weight is 297 g/mol. The zero-order valence-electron chi connectivity index (χ0n) is 11.9. The number of hydrogen-bond acceptors (Lipinski definition) is 4. The second-order valence-corrected chi connectivity index (χ2v) is 7.36. The monoisotopic (exact) mass is 297 g/mol. The molecule has 0 aliphatic carbocycles. The van der Waals surface area contributed by atoms with E-state index < -0.39 is 10.0 Å². The van der Waals surface area contributed by atoms with Gasteiger partial charge in [0.2, 0.25) is 10.0 Å². The quantitative estimate of drug-likeness (QED) is 0.796. The van der Waals surface area contributed by atoms with E-state index in [0.717, 1.165) is 25.9 Å². The molecule has 0 radical (unpaired) electrons. The number of benzene rings is 1. The third kappa shape index (κ3) is 4.47. The summed E-state index contributed by atoms with van der Waals surface area (Å²) in [7, 11) is -1.22. The number of nitrogens with one attached hydrogen (secondary N) is 1. The summed E-state index contributed by atoms with van der Waals surface area (Å²) in [4.78, 5) is 2.27.